The maximum Gasteiger partial charge on any atom is 0.320 e. The Morgan fingerprint density at radius 1 is 1.03 bits per heavy atom. The normalized spacial score (nSPS) is 14.9. The molecule has 2 N–H and O–H groups in total. The third kappa shape index (κ3) is 6.84. The highest BCUT2D eigenvalue weighted by atomic mass is 35.5. The topological polar surface area (TPSA) is 83.3 Å². The van der Waals surface area contributed by atoms with E-state index in [2.05, 4.69) is 25.7 Å². The number of carbonyl (C=O) groups is 1. The fourth-order valence-electron chi connectivity index (χ4n) is 3.73. The van der Waals surface area contributed by atoms with Gasteiger partial charge in [0.05, 0.1) is 20.8 Å². The molecule has 7 nitrogen and oxygen atoms in total. The Balaban J connectivity index is 1.18. The lowest BCUT2D eigenvalue weighted by atomic mass is 10.0. The minimum atomic E-state index is -0.0169. The molecule has 1 saturated heterocycles. The number of nitrogens with zero attached hydrogens (tertiary/aromatic N) is 3. The van der Waals surface area contributed by atoms with Crippen molar-refractivity contribution in [2.45, 2.75) is 38.3 Å². The van der Waals surface area contributed by atoms with Crippen molar-refractivity contribution in [2.24, 2.45) is 0 Å². The number of aryl methyl sites for hydroxylation is 1. The smallest absolute Gasteiger partial charge is 0.320 e. The van der Waals surface area contributed by atoms with Gasteiger partial charge in [-0.05, 0) is 42.7 Å². The van der Waals surface area contributed by atoms with Crippen LogP contribution in [-0.2, 0) is 17.8 Å². The molecule has 0 unspecified atom stereocenters. The first-order valence-corrected chi connectivity index (χ1v) is 11.9. The maximum absolute atomic E-state index is 12.4. The summed E-state index contributed by atoms with van der Waals surface area (Å²) in [5.74, 6) is 0.382. The molecule has 0 spiro atoms. The zero-order valence-corrected chi connectivity index (χ0v) is 20.1. The Labute approximate surface area is 207 Å². The van der Waals surface area contributed by atoms with Crippen molar-refractivity contribution in [2.75, 3.05) is 18.4 Å². The molecule has 1 fully saturated rings. The minimum Gasteiger partial charge on any atom is -0.408 e. The molecule has 3 aromatic rings. The maximum atomic E-state index is 12.4. The molecule has 1 aliphatic rings. The van der Waals surface area contributed by atoms with Gasteiger partial charge in [0, 0.05) is 38.5 Å². The largest absolute Gasteiger partial charge is 0.408 e. The van der Waals surface area contributed by atoms with Crippen molar-refractivity contribution in [3.8, 4) is 0 Å². The van der Waals surface area contributed by atoms with Gasteiger partial charge in [-0.25, -0.2) is 0 Å². The highest BCUT2D eigenvalue weighted by Gasteiger charge is 2.21. The van der Waals surface area contributed by atoms with Gasteiger partial charge in [0.1, 0.15) is 0 Å². The van der Waals surface area contributed by atoms with Gasteiger partial charge in [-0.15, -0.1) is 5.10 Å². The molecule has 2 aromatic carbocycles. The molecule has 0 aliphatic carbocycles. The van der Waals surface area contributed by atoms with E-state index < -0.39 is 0 Å². The molecule has 1 amide bonds. The molecule has 4 rings (SSSR count). The van der Waals surface area contributed by atoms with Crippen molar-refractivity contribution in [1.29, 1.82) is 0 Å². The van der Waals surface area contributed by atoms with Gasteiger partial charge in [-0.3, -0.25) is 9.69 Å². The average molecular weight is 509 g/mol. The number of hydrogen-bond acceptors (Lipinski definition) is 6. The van der Waals surface area contributed by atoms with Crippen LogP contribution in [0.5, 0.6) is 0 Å². The highest BCUT2D eigenvalue weighted by Crippen LogP contribution is 2.25. The molecule has 1 aliphatic heterocycles. The zero-order chi connectivity index (χ0) is 23.2. The van der Waals surface area contributed by atoms with E-state index in [1.807, 2.05) is 36.4 Å². The molecule has 0 radical (unpaired) electrons. The minimum absolute atomic E-state index is 0.0169. The van der Waals surface area contributed by atoms with Crippen LogP contribution in [0.25, 0.3) is 0 Å². The molecule has 2 heterocycles. The van der Waals surface area contributed by atoms with Crippen LogP contribution in [0, 0.1) is 0 Å². The number of aromatic nitrogens is 2. The number of hydrogen-bond donors (Lipinski definition) is 2. The predicted molar refractivity (Wildman–Crippen MR) is 130 cm³/mol. The van der Waals surface area contributed by atoms with Gasteiger partial charge in [0.15, 0.2) is 0 Å². The summed E-state index contributed by atoms with van der Waals surface area (Å²) in [5, 5.41) is 15.7. The van der Waals surface area contributed by atoms with Crippen LogP contribution in [-0.4, -0.2) is 40.1 Å². The first kappa shape index (κ1) is 23.8. The number of para-hydroxylation sites is 1. The summed E-state index contributed by atoms with van der Waals surface area (Å²) in [6, 6.07) is 13.4. The standard InChI is InChI=1S/C23H24Cl3N5O2/c24-17-6-5-15(13-19(17)26)14-31-11-9-16(10-12-31)27-21(32)7-8-22-29-30-23(33-22)28-20-4-2-1-3-18(20)25/h1-6,13,16H,7-12,14H2,(H,27,32)(H,28,30). The Hall–Kier alpha value is -2.32. The third-order valence-corrected chi connectivity index (χ3v) is 6.56. The van der Waals surface area contributed by atoms with Crippen molar-refractivity contribution in [1.82, 2.24) is 20.4 Å². The second kappa shape index (κ2) is 11.2. The van der Waals surface area contributed by atoms with Crippen LogP contribution in [0.3, 0.4) is 0 Å². The van der Waals surface area contributed by atoms with E-state index >= 15 is 0 Å². The van der Waals surface area contributed by atoms with E-state index in [-0.39, 0.29) is 24.4 Å². The molecular weight excluding hydrogens is 485 g/mol. The summed E-state index contributed by atoms with van der Waals surface area (Å²) >= 11 is 18.2. The predicted octanol–water partition coefficient (Wildman–Crippen LogP) is 5.49. The van der Waals surface area contributed by atoms with E-state index in [0.717, 1.165) is 38.0 Å². The summed E-state index contributed by atoms with van der Waals surface area (Å²) in [5.41, 5.74) is 1.81. The SMILES string of the molecule is O=C(CCc1nnc(Nc2ccccc2Cl)o1)NC1CCN(Cc2ccc(Cl)c(Cl)c2)CC1. The Morgan fingerprint density at radius 3 is 2.58 bits per heavy atom. The summed E-state index contributed by atoms with van der Waals surface area (Å²) in [7, 11) is 0. The van der Waals surface area contributed by atoms with Crippen LogP contribution in [0.1, 0.15) is 30.7 Å². The zero-order valence-electron chi connectivity index (χ0n) is 17.9. The fraction of sp³-hybridized carbons (Fsp3) is 0.348. The van der Waals surface area contributed by atoms with Crippen LogP contribution < -0.4 is 10.6 Å². The monoisotopic (exact) mass is 507 g/mol. The molecule has 10 heteroatoms. The lowest BCUT2D eigenvalue weighted by Gasteiger charge is -2.32. The number of halogens is 3. The summed E-state index contributed by atoms with van der Waals surface area (Å²) < 4.78 is 5.57. The Kier molecular flexibility index (Phi) is 8.09. The van der Waals surface area contributed by atoms with Gasteiger partial charge in [0.2, 0.25) is 11.8 Å². The third-order valence-electron chi connectivity index (χ3n) is 5.49. The van der Waals surface area contributed by atoms with Crippen LogP contribution in [0.15, 0.2) is 46.9 Å². The van der Waals surface area contributed by atoms with Crippen molar-refractivity contribution < 1.29 is 9.21 Å². The van der Waals surface area contributed by atoms with Gasteiger partial charge in [-0.1, -0.05) is 58.1 Å². The number of likely N-dealkylation sites (tertiary alicyclic amines) is 1. The molecule has 174 valence electrons. The Morgan fingerprint density at radius 2 is 1.82 bits per heavy atom. The molecule has 0 atom stereocenters. The lowest BCUT2D eigenvalue weighted by Crippen LogP contribution is -2.44. The van der Waals surface area contributed by atoms with Crippen LogP contribution in [0.2, 0.25) is 15.1 Å². The second-order valence-electron chi connectivity index (χ2n) is 7.97. The van der Waals surface area contributed by atoms with Crippen molar-refractivity contribution in [3.05, 3.63) is 69.0 Å². The quantitative estimate of drug-likeness (QED) is 0.419. The summed E-state index contributed by atoms with van der Waals surface area (Å²) in [6.45, 7) is 2.64. The number of amides is 1. The first-order valence-electron chi connectivity index (χ1n) is 10.8. The average Bonchev–Trinajstić information content (AvgIpc) is 3.25. The van der Waals surface area contributed by atoms with E-state index in [1.165, 1.54) is 0 Å². The van der Waals surface area contributed by atoms with Gasteiger partial charge >= 0.3 is 6.01 Å². The number of piperidine rings is 1. The van der Waals surface area contributed by atoms with Crippen LogP contribution >= 0.6 is 34.8 Å². The number of benzene rings is 2. The lowest BCUT2D eigenvalue weighted by molar-refractivity contribution is -0.122. The van der Waals surface area contributed by atoms with Gasteiger partial charge in [0.25, 0.3) is 0 Å². The van der Waals surface area contributed by atoms with E-state index in [9.17, 15) is 4.79 Å². The van der Waals surface area contributed by atoms with Crippen molar-refractivity contribution >= 4 is 52.4 Å². The molecule has 0 bridgehead atoms. The van der Waals surface area contributed by atoms with Crippen molar-refractivity contribution in [3.63, 3.8) is 0 Å². The van der Waals surface area contributed by atoms with Gasteiger partial charge < -0.3 is 15.1 Å². The number of carbonyl (C=O) groups excluding carboxylic acids is 1. The fourth-order valence-corrected chi connectivity index (χ4v) is 4.24. The number of rotatable bonds is 8. The van der Waals surface area contributed by atoms with Crippen LogP contribution in [0.4, 0.5) is 11.7 Å². The highest BCUT2D eigenvalue weighted by molar-refractivity contribution is 6.42. The first-order chi connectivity index (χ1) is 16.0. The molecular formula is C23H24Cl3N5O2. The summed E-state index contributed by atoms with van der Waals surface area (Å²) in [6.07, 6.45) is 2.47. The number of anilines is 2. The van der Waals surface area contributed by atoms with E-state index in [0.29, 0.717) is 33.1 Å². The Bertz CT molecular complexity index is 1100. The van der Waals surface area contributed by atoms with E-state index in [4.69, 9.17) is 39.2 Å². The summed E-state index contributed by atoms with van der Waals surface area (Å²) in [4.78, 5) is 14.7. The van der Waals surface area contributed by atoms with Gasteiger partial charge in [-0.2, -0.15) is 0 Å². The molecule has 0 saturated carbocycles. The number of nitrogens with one attached hydrogen (secondary N) is 2. The molecule has 33 heavy (non-hydrogen) atoms. The molecule has 1 aromatic heterocycles. The van der Waals surface area contributed by atoms with E-state index in [1.54, 1.807) is 6.07 Å². The second-order valence-corrected chi connectivity index (χ2v) is 9.19.